The first kappa shape index (κ1) is 15.1. The van der Waals surface area contributed by atoms with Crippen LogP contribution >= 0.6 is 15.9 Å². The number of carbonyl (C=O) groups is 1. The van der Waals surface area contributed by atoms with E-state index in [-0.39, 0.29) is 18.0 Å². The molecule has 7 heteroatoms. The van der Waals surface area contributed by atoms with Crippen molar-refractivity contribution in [1.29, 1.82) is 0 Å². The van der Waals surface area contributed by atoms with Crippen LogP contribution in [0.4, 0.5) is 11.4 Å². The summed E-state index contributed by atoms with van der Waals surface area (Å²) in [5, 5.41) is 2.69. The van der Waals surface area contributed by atoms with Crippen LogP contribution in [0.3, 0.4) is 0 Å². The predicted octanol–water partition coefficient (Wildman–Crippen LogP) is 1.84. The van der Waals surface area contributed by atoms with Crippen molar-refractivity contribution in [3.05, 3.63) is 51.4 Å². The summed E-state index contributed by atoms with van der Waals surface area (Å²) in [6.45, 7) is -0.0915. The minimum Gasteiger partial charge on any atom is -0.494 e. The number of anilines is 2. The molecule has 0 atom stereocenters. The van der Waals surface area contributed by atoms with Gasteiger partial charge in [-0.2, -0.15) is 0 Å². The number of pyridine rings is 1. The van der Waals surface area contributed by atoms with Crippen LogP contribution in [0, 0.1) is 0 Å². The normalized spacial score (nSPS) is 10.2. The molecule has 0 bridgehead atoms. The highest BCUT2D eigenvalue weighted by atomic mass is 79.9. The minimum absolute atomic E-state index is 0.0915. The van der Waals surface area contributed by atoms with E-state index in [0.717, 1.165) is 4.47 Å². The summed E-state index contributed by atoms with van der Waals surface area (Å²) in [6.07, 6.45) is 1.56. The van der Waals surface area contributed by atoms with E-state index in [9.17, 15) is 9.59 Å². The number of halogens is 1. The van der Waals surface area contributed by atoms with Gasteiger partial charge in [0.25, 0.3) is 5.56 Å². The molecule has 2 rings (SSSR count). The number of nitrogens with two attached hydrogens (primary N) is 1. The number of rotatable bonds is 4. The van der Waals surface area contributed by atoms with Crippen LogP contribution in [0.2, 0.25) is 0 Å². The van der Waals surface area contributed by atoms with Crippen molar-refractivity contribution in [2.45, 2.75) is 6.54 Å². The summed E-state index contributed by atoms with van der Waals surface area (Å²) < 4.78 is 7.18. The van der Waals surface area contributed by atoms with Gasteiger partial charge < -0.3 is 20.4 Å². The van der Waals surface area contributed by atoms with E-state index in [1.165, 1.54) is 17.7 Å². The first-order valence-corrected chi connectivity index (χ1v) is 6.88. The zero-order chi connectivity index (χ0) is 15.4. The number of aromatic nitrogens is 1. The topological polar surface area (TPSA) is 86.3 Å². The molecule has 1 heterocycles. The Morgan fingerprint density at radius 2 is 2.14 bits per heavy atom. The average molecular weight is 352 g/mol. The number of hydrogen-bond donors (Lipinski definition) is 2. The second kappa shape index (κ2) is 6.45. The molecule has 3 N–H and O–H groups in total. The number of carbonyl (C=O) groups excluding carboxylic acids is 1. The summed E-state index contributed by atoms with van der Waals surface area (Å²) in [4.78, 5) is 23.7. The van der Waals surface area contributed by atoms with E-state index in [0.29, 0.717) is 17.1 Å². The van der Waals surface area contributed by atoms with E-state index in [1.54, 1.807) is 30.5 Å². The molecule has 0 radical (unpaired) electrons. The Morgan fingerprint density at radius 3 is 2.86 bits per heavy atom. The predicted molar refractivity (Wildman–Crippen MR) is 84.4 cm³/mol. The van der Waals surface area contributed by atoms with Crippen molar-refractivity contribution >= 4 is 33.2 Å². The largest absolute Gasteiger partial charge is 0.494 e. The lowest BCUT2D eigenvalue weighted by Crippen LogP contribution is -2.26. The highest BCUT2D eigenvalue weighted by Gasteiger charge is 2.09. The molecule has 0 aliphatic carbocycles. The van der Waals surface area contributed by atoms with Gasteiger partial charge in [0, 0.05) is 28.5 Å². The van der Waals surface area contributed by atoms with E-state index >= 15 is 0 Å². The fourth-order valence-corrected chi connectivity index (χ4v) is 2.16. The van der Waals surface area contributed by atoms with Gasteiger partial charge in [-0.15, -0.1) is 0 Å². The molecule has 2 aromatic rings. The summed E-state index contributed by atoms with van der Waals surface area (Å²) in [5.74, 6) is 0.128. The van der Waals surface area contributed by atoms with Crippen molar-refractivity contribution in [2.24, 2.45) is 0 Å². The fraction of sp³-hybridized carbons (Fsp3) is 0.143. The van der Waals surface area contributed by atoms with Crippen molar-refractivity contribution in [1.82, 2.24) is 4.57 Å². The third-order valence-corrected chi connectivity index (χ3v) is 3.23. The number of nitrogens with one attached hydrogen (secondary N) is 1. The van der Waals surface area contributed by atoms with Crippen LogP contribution in [-0.4, -0.2) is 17.6 Å². The summed E-state index contributed by atoms with van der Waals surface area (Å²) in [6, 6.07) is 7.93. The first-order valence-electron chi connectivity index (χ1n) is 6.09. The zero-order valence-corrected chi connectivity index (χ0v) is 12.9. The van der Waals surface area contributed by atoms with E-state index in [1.807, 2.05) is 0 Å². The Hall–Kier alpha value is -2.28. The Bertz CT molecular complexity index is 728. The number of benzene rings is 1. The second-order valence-corrected chi connectivity index (χ2v) is 5.24. The number of nitrogen functional groups attached to an aromatic ring is 1. The Kier molecular flexibility index (Phi) is 4.64. The quantitative estimate of drug-likeness (QED) is 0.823. The molecule has 0 unspecified atom stereocenters. The number of nitrogens with zero attached hydrogens (tertiary/aromatic N) is 1. The van der Waals surface area contributed by atoms with Gasteiger partial charge >= 0.3 is 0 Å². The third-order valence-electron chi connectivity index (χ3n) is 2.76. The van der Waals surface area contributed by atoms with Crippen LogP contribution in [0.5, 0.6) is 5.75 Å². The van der Waals surface area contributed by atoms with Gasteiger partial charge in [0.2, 0.25) is 5.91 Å². The lowest BCUT2D eigenvalue weighted by molar-refractivity contribution is -0.116. The number of hydrogen-bond acceptors (Lipinski definition) is 4. The molecule has 110 valence electrons. The Labute approximate surface area is 129 Å². The van der Waals surface area contributed by atoms with Gasteiger partial charge in [-0.1, -0.05) is 0 Å². The maximum atomic E-state index is 12.0. The van der Waals surface area contributed by atoms with Gasteiger partial charge in [-0.3, -0.25) is 9.59 Å². The number of methoxy groups -OCH3 is 1. The van der Waals surface area contributed by atoms with Crippen LogP contribution < -0.4 is 21.3 Å². The smallest absolute Gasteiger partial charge is 0.251 e. The Balaban J connectivity index is 2.15. The molecule has 1 aromatic heterocycles. The number of ether oxygens (including phenoxy) is 1. The lowest BCUT2D eigenvalue weighted by atomic mass is 10.2. The van der Waals surface area contributed by atoms with Crippen molar-refractivity contribution < 1.29 is 9.53 Å². The minimum atomic E-state index is -0.335. The zero-order valence-electron chi connectivity index (χ0n) is 11.3. The molecule has 0 spiro atoms. The van der Waals surface area contributed by atoms with Gasteiger partial charge in [-0.05, 0) is 34.1 Å². The molecule has 6 nitrogen and oxygen atoms in total. The number of amides is 1. The third kappa shape index (κ3) is 3.85. The molecule has 0 saturated carbocycles. The summed E-state index contributed by atoms with van der Waals surface area (Å²) >= 11 is 3.26. The maximum Gasteiger partial charge on any atom is 0.251 e. The SMILES string of the molecule is COc1cc(N)ccc1NC(=O)Cn1cc(Br)ccc1=O. The van der Waals surface area contributed by atoms with E-state index < -0.39 is 0 Å². The molecule has 21 heavy (non-hydrogen) atoms. The van der Waals surface area contributed by atoms with Gasteiger partial charge in [-0.25, -0.2) is 0 Å². The van der Waals surface area contributed by atoms with E-state index in [4.69, 9.17) is 10.5 Å². The molecule has 0 aliphatic rings. The maximum absolute atomic E-state index is 12.0. The summed E-state index contributed by atoms with van der Waals surface area (Å²) in [7, 11) is 1.49. The fourth-order valence-electron chi connectivity index (χ4n) is 1.78. The van der Waals surface area contributed by atoms with Gasteiger partial charge in [0.1, 0.15) is 12.3 Å². The standard InChI is InChI=1S/C14H14BrN3O3/c1-21-12-6-10(16)3-4-11(12)17-13(19)8-18-7-9(15)2-5-14(18)20/h2-7H,8,16H2,1H3,(H,17,19). The molecular weight excluding hydrogens is 338 g/mol. The van der Waals surface area contributed by atoms with Gasteiger partial charge in [0.05, 0.1) is 12.8 Å². The second-order valence-electron chi connectivity index (χ2n) is 4.32. The Morgan fingerprint density at radius 1 is 1.38 bits per heavy atom. The highest BCUT2D eigenvalue weighted by Crippen LogP contribution is 2.26. The van der Waals surface area contributed by atoms with E-state index in [2.05, 4.69) is 21.2 Å². The lowest BCUT2D eigenvalue weighted by Gasteiger charge is -2.11. The monoisotopic (exact) mass is 351 g/mol. The van der Waals surface area contributed by atoms with Crippen LogP contribution in [0.1, 0.15) is 0 Å². The van der Waals surface area contributed by atoms with Crippen molar-refractivity contribution in [2.75, 3.05) is 18.2 Å². The highest BCUT2D eigenvalue weighted by molar-refractivity contribution is 9.10. The van der Waals surface area contributed by atoms with Crippen molar-refractivity contribution in [3.8, 4) is 5.75 Å². The summed E-state index contributed by atoms with van der Waals surface area (Å²) in [5.41, 5.74) is 6.43. The van der Waals surface area contributed by atoms with Crippen LogP contribution in [0.25, 0.3) is 0 Å². The molecular formula is C14H14BrN3O3. The first-order chi connectivity index (χ1) is 9.99. The molecule has 1 amide bonds. The molecule has 0 aliphatic heterocycles. The molecule has 0 saturated heterocycles. The molecule has 1 aromatic carbocycles. The van der Waals surface area contributed by atoms with Crippen LogP contribution in [0.15, 0.2) is 45.8 Å². The van der Waals surface area contributed by atoms with Gasteiger partial charge in [0.15, 0.2) is 0 Å². The molecule has 0 fully saturated rings. The van der Waals surface area contributed by atoms with Crippen molar-refractivity contribution in [3.63, 3.8) is 0 Å². The van der Waals surface area contributed by atoms with Crippen LogP contribution in [-0.2, 0) is 11.3 Å². The average Bonchev–Trinajstić information content (AvgIpc) is 2.44.